The van der Waals surface area contributed by atoms with Gasteiger partial charge in [-0.1, -0.05) is 24.3 Å². The van der Waals surface area contributed by atoms with Gasteiger partial charge in [-0.15, -0.1) is 0 Å². The van der Waals surface area contributed by atoms with Crippen LogP contribution in [0.2, 0.25) is 0 Å². The van der Waals surface area contributed by atoms with E-state index in [0.717, 1.165) is 35.2 Å². The minimum atomic E-state index is -0.859. The molecule has 4 N–H and O–H groups in total. The van der Waals surface area contributed by atoms with Gasteiger partial charge in [0, 0.05) is 35.5 Å². The minimum Gasteiger partial charge on any atom is -0.398 e. The number of rotatable bonds is 5. The molecule has 0 spiro atoms. The Labute approximate surface area is 155 Å². The fraction of sp³-hybridized carbons (Fsp3) is 0.381. The molecule has 1 unspecified atom stereocenters. The summed E-state index contributed by atoms with van der Waals surface area (Å²) in [5, 5.41) is 14.4. The summed E-state index contributed by atoms with van der Waals surface area (Å²) in [5.74, 6) is -0.114. The highest BCUT2D eigenvalue weighted by Crippen LogP contribution is 2.42. The lowest BCUT2D eigenvalue weighted by Crippen LogP contribution is -2.36. The molecule has 0 saturated carbocycles. The van der Waals surface area contributed by atoms with Crippen LogP contribution in [0.15, 0.2) is 30.3 Å². The van der Waals surface area contributed by atoms with E-state index in [1.165, 1.54) is 0 Å². The van der Waals surface area contributed by atoms with E-state index in [1.54, 1.807) is 12.1 Å². The maximum Gasteiger partial charge on any atom is 0.195 e. The van der Waals surface area contributed by atoms with Crippen molar-refractivity contribution in [3.8, 4) is 0 Å². The zero-order chi connectivity index (χ0) is 19.1. The summed E-state index contributed by atoms with van der Waals surface area (Å²) in [7, 11) is 6.48. The number of nitrogens with two attached hydrogens (primary N) is 1. The SMILES string of the molecule is Cc1cc(NCCC[N+](C)(C)C)c2c(c1N)C(=O)c1ccccc1C2O. The molecule has 0 aromatic heterocycles. The molecule has 5 heteroatoms. The molecular formula is C21H28N3O2+. The fourth-order valence-electron chi connectivity index (χ4n) is 3.53. The summed E-state index contributed by atoms with van der Waals surface area (Å²) < 4.78 is 0.898. The van der Waals surface area contributed by atoms with Gasteiger partial charge in [0.15, 0.2) is 5.78 Å². The van der Waals surface area contributed by atoms with Crippen LogP contribution in [0.1, 0.15) is 45.1 Å². The van der Waals surface area contributed by atoms with E-state index in [2.05, 4.69) is 26.5 Å². The van der Waals surface area contributed by atoms with Gasteiger partial charge in [0.25, 0.3) is 0 Å². The number of nitrogen functional groups attached to an aromatic ring is 1. The van der Waals surface area contributed by atoms with Gasteiger partial charge in [0.1, 0.15) is 6.10 Å². The van der Waals surface area contributed by atoms with Crippen molar-refractivity contribution in [3.05, 3.63) is 58.1 Å². The number of carbonyl (C=O) groups is 1. The second-order valence-electron chi connectivity index (χ2n) is 8.06. The normalized spacial score (nSPS) is 16.2. The molecule has 5 nitrogen and oxygen atoms in total. The maximum absolute atomic E-state index is 13.0. The van der Waals surface area contributed by atoms with Gasteiger partial charge in [0.05, 0.1) is 33.3 Å². The predicted molar refractivity (Wildman–Crippen MR) is 106 cm³/mol. The first kappa shape index (κ1) is 18.4. The van der Waals surface area contributed by atoms with Crippen molar-refractivity contribution >= 4 is 17.2 Å². The molecule has 3 rings (SSSR count). The van der Waals surface area contributed by atoms with E-state index >= 15 is 0 Å². The number of ketones is 1. The third-order valence-electron chi connectivity index (χ3n) is 4.94. The van der Waals surface area contributed by atoms with E-state index in [9.17, 15) is 9.90 Å². The molecule has 1 aliphatic rings. The van der Waals surface area contributed by atoms with Gasteiger partial charge in [-0.05, 0) is 24.1 Å². The molecular weight excluding hydrogens is 326 g/mol. The molecule has 0 radical (unpaired) electrons. The average Bonchev–Trinajstić information content (AvgIpc) is 2.58. The molecule has 0 saturated heterocycles. The van der Waals surface area contributed by atoms with Gasteiger partial charge in [-0.2, -0.15) is 0 Å². The average molecular weight is 354 g/mol. The van der Waals surface area contributed by atoms with Crippen LogP contribution in [0.5, 0.6) is 0 Å². The Kier molecular flexibility index (Phi) is 4.78. The molecule has 0 bridgehead atoms. The lowest BCUT2D eigenvalue weighted by molar-refractivity contribution is -0.870. The molecule has 1 atom stereocenters. The van der Waals surface area contributed by atoms with E-state index in [-0.39, 0.29) is 5.78 Å². The third-order valence-corrected chi connectivity index (χ3v) is 4.94. The molecule has 0 fully saturated rings. The Morgan fingerprint density at radius 2 is 1.92 bits per heavy atom. The van der Waals surface area contributed by atoms with Crippen LogP contribution in [-0.4, -0.2) is 49.6 Å². The molecule has 138 valence electrons. The smallest absolute Gasteiger partial charge is 0.195 e. The van der Waals surface area contributed by atoms with Crippen LogP contribution in [0.3, 0.4) is 0 Å². The molecule has 2 aromatic carbocycles. The number of nitrogens with one attached hydrogen (secondary N) is 1. The Bertz CT molecular complexity index is 853. The van der Waals surface area contributed by atoms with Crippen molar-refractivity contribution < 1.29 is 14.4 Å². The molecule has 0 amide bonds. The first-order chi connectivity index (χ1) is 12.2. The first-order valence-corrected chi connectivity index (χ1v) is 8.99. The number of hydrogen-bond acceptors (Lipinski definition) is 4. The lowest BCUT2D eigenvalue weighted by atomic mass is 9.80. The van der Waals surface area contributed by atoms with Crippen LogP contribution in [0.4, 0.5) is 11.4 Å². The lowest BCUT2D eigenvalue weighted by Gasteiger charge is -2.29. The van der Waals surface area contributed by atoms with Crippen LogP contribution < -0.4 is 11.1 Å². The van der Waals surface area contributed by atoms with E-state index in [4.69, 9.17) is 5.73 Å². The van der Waals surface area contributed by atoms with Crippen molar-refractivity contribution in [2.24, 2.45) is 0 Å². The summed E-state index contributed by atoms with van der Waals surface area (Å²) >= 11 is 0. The number of hydrogen-bond donors (Lipinski definition) is 3. The monoisotopic (exact) mass is 354 g/mol. The Hall–Kier alpha value is -2.37. The number of quaternary nitrogens is 1. The summed E-state index contributed by atoms with van der Waals surface area (Å²) in [4.78, 5) is 13.0. The number of fused-ring (bicyclic) bond motifs is 2. The maximum atomic E-state index is 13.0. The third kappa shape index (κ3) is 3.32. The Morgan fingerprint density at radius 3 is 2.62 bits per heavy atom. The number of anilines is 2. The summed E-state index contributed by atoms with van der Waals surface area (Å²) in [6.45, 7) is 3.70. The van der Waals surface area contributed by atoms with Gasteiger partial charge >= 0.3 is 0 Å². The first-order valence-electron chi connectivity index (χ1n) is 8.99. The standard InChI is InChI=1S/C21H27N3O2/c1-13-12-16(23-10-7-11-24(2,3)4)17-18(19(13)22)21(26)15-9-6-5-8-14(15)20(17)25/h5-6,8-9,12,20,23,25H,7,10-11H2,1-4H3,(H-,22,26)/p+1. The Morgan fingerprint density at radius 1 is 1.23 bits per heavy atom. The van der Waals surface area contributed by atoms with Crippen LogP contribution in [0.25, 0.3) is 0 Å². The molecule has 0 aliphatic heterocycles. The summed E-state index contributed by atoms with van der Waals surface area (Å²) in [6, 6.07) is 9.14. The van der Waals surface area contributed by atoms with Crippen molar-refractivity contribution in [3.63, 3.8) is 0 Å². The van der Waals surface area contributed by atoms with Crippen LogP contribution in [0, 0.1) is 6.92 Å². The predicted octanol–water partition coefficient (Wildman–Crippen LogP) is 2.71. The molecule has 2 aromatic rings. The van der Waals surface area contributed by atoms with Crippen molar-refractivity contribution in [2.45, 2.75) is 19.4 Å². The number of aliphatic hydroxyl groups excluding tert-OH is 1. The van der Waals surface area contributed by atoms with Crippen LogP contribution in [-0.2, 0) is 0 Å². The fourth-order valence-corrected chi connectivity index (χ4v) is 3.53. The summed E-state index contributed by atoms with van der Waals surface area (Å²) in [6.07, 6.45) is 0.130. The van der Waals surface area contributed by atoms with Crippen LogP contribution >= 0.6 is 0 Å². The largest absolute Gasteiger partial charge is 0.398 e. The van der Waals surface area contributed by atoms with E-state index < -0.39 is 6.10 Å². The Balaban J connectivity index is 1.98. The second kappa shape index (κ2) is 6.74. The van der Waals surface area contributed by atoms with Gasteiger partial charge in [-0.3, -0.25) is 4.79 Å². The number of carbonyl (C=O) groups excluding carboxylic acids is 1. The van der Waals surface area contributed by atoms with E-state index in [0.29, 0.717) is 27.9 Å². The van der Waals surface area contributed by atoms with Gasteiger partial charge < -0.3 is 20.6 Å². The zero-order valence-corrected chi connectivity index (χ0v) is 16.0. The second-order valence-corrected chi connectivity index (χ2v) is 8.06. The van der Waals surface area contributed by atoms with Gasteiger partial charge in [-0.25, -0.2) is 0 Å². The topological polar surface area (TPSA) is 75.3 Å². The number of nitrogens with zero attached hydrogens (tertiary/aromatic N) is 1. The minimum absolute atomic E-state index is 0.114. The molecule has 26 heavy (non-hydrogen) atoms. The number of benzene rings is 2. The summed E-state index contributed by atoms with van der Waals surface area (Å²) in [5.41, 5.74) is 10.5. The van der Waals surface area contributed by atoms with Crippen molar-refractivity contribution in [1.29, 1.82) is 0 Å². The van der Waals surface area contributed by atoms with E-state index in [1.807, 2.05) is 25.1 Å². The zero-order valence-electron chi connectivity index (χ0n) is 16.0. The molecule has 0 heterocycles. The van der Waals surface area contributed by atoms with Gasteiger partial charge in [0.2, 0.25) is 0 Å². The number of aliphatic hydroxyl groups is 1. The molecule has 1 aliphatic carbocycles. The van der Waals surface area contributed by atoms with Crippen molar-refractivity contribution in [2.75, 3.05) is 45.3 Å². The highest BCUT2D eigenvalue weighted by atomic mass is 16.3. The highest BCUT2D eigenvalue weighted by Gasteiger charge is 2.34. The number of aryl methyl sites for hydroxylation is 1. The van der Waals surface area contributed by atoms with Crippen molar-refractivity contribution in [1.82, 2.24) is 0 Å². The quantitative estimate of drug-likeness (QED) is 0.438. The highest BCUT2D eigenvalue weighted by molar-refractivity contribution is 6.16.